The molecule has 0 saturated heterocycles. The number of carbonyl (C=O) groups is 1. The second-order valence-electron chi connectivity index (χ2n) is 9.72. The van der Waals surface area contributed by atoms with Crippen LogP contribution in [0, 0.1) is 12.3 Å². The van der Waals surface area contributed by atoms with Crippen molar-refractivity contribution in [2.75, 3.05) is 13.1 Å². The molecule has 1 amide bonds. The van der Waals surface area contributed by atoms with Crippen molar-refractivity contribution in [2.24, 2.45) is 0 Å². The summed E-state index contributed by atoms with van der Waals surface area (Å²) in [7, 11) is 0. The van der Waals surface area contributed by atoms with Crippen molar-refractivity contribution in [3.8, 4) is 12.3 Å². The Balaban J connectivity index is 1.47. The van der Waals surface area contributed by atoms with Gasteiger partial charge in [0.15, 0.2) is 0 Å². The Morgan fingerprint density at radius 1 is 0.722 bits per heavy atom. The Bertz CT molecular complexity index is 793. The third-order valence-corrected chi connectivity index (χ3v) is 6.51. The summed E-state index contributed by atoms with van der Waals surface area (Å²) in [5.74, 6) is 2.90. The molecule has 0 spiro atoms. The summed E-state index contributed by atoms with van der Waals surface area (Å²) in [5.41, 5.74) is 2.61. The van der Waals surface area contributed by atoms with E-state index in [1.165, 1.54) is 62.5 Å². The minimum atomic E-state index is 0.214. The van der Waals surface area contributed by atoms with Crippen molar-refractivity contribution >= 4 is 5.91 Å². The van der Waals surface area contributed by atoms with Gasteiger partial charge in [0.2, 0.25) is 5.91 Å². The fourth-order valence-corrected chi connectivity index (χ4v) is 4.41. The zero-order chi connectivity index (χ0) is 25.5. The Kier molecular flexibility index (Phi) is 16.8. The van der Waals surface area contributed by atoms with Crippen molar-refractivity contribution in [2.45, 2.75) is 103 Å². The molecule has 196 valence electrons. The lowest BCUT2D eigenvalue weighted by Crippen LogP contribution is -2.24. The standard InChI is InChI=1S/C31H46N4O/c1-2-3-4-5-6-7-10-13-16-31(36)34-21-14-11-8-9-12-15-26-35(27-29-17-22-32-23-18-29)28-30-19-24-33-25-20-30/h1,17-20,22-25H,3-16,21,26-28H2,(H,34,36). The lowest BCUT2D eigenvalue weighted by Gasteiger charge is -2.22. The van der Waals surface area contributed by atoms with E-state index in [0.29, 0.717) is 6.42 Å². The predicted octanol–water partition coefficient (Wildman–Crippen LogP) is 6.69. The van der Waals surface area contributed by atoms with Gasteiger partial charge in [0, 0.05) is 57.3 Å². The largest absolute Gasteiger partial charge is 0.356 e. The van der Waals surface area contributed by atoms with E-state index in [9.17, 15) is 4.79 Å². The van der Waals surface area contributed by atoms with Crippen LogP contribution in [-0.4, -0.2) is 33.9 Å². The lowest BCUT2D eigenvalue weighted by atomic mass is 10.1. The van der Waals surface area contributed by atoms with E-state index in [2.05, 4.69) is 50.4 Å². The average molecular weight is 491 g/mol. The van der Waals surface area contributed by atoms with Gasteiger partial charge in [-0.2, -0.15) is 0 Å². The quantitative estimate of drug-likeness (QED) is 0.156. The van der Waals surface area contributed by atoms with Gasteiger partial charge in [-0.05, 0) is 67.6 Å². The number of hydrogen-bond donors (Lipinski definition) is 1. The van der Waals surface area contributed by atoms with E-state index in [-0.39, 0.29) is 5.91 Å². The summed E-state index contributed by atoms with van der Waals surface area (Å²) < 4.78 is 0. The molecule has 0 unspecified atom stereocenters. The molecule has 0 aliphatic rings. The fourth-order valence-electron chi connectivity index (χ4n) is 4.41. The molecule has 0 aliphatic heterocycles. The molecule has 0 aliphatic carbocycles. The molecule has 2 aromatic rings. The van der Waals surface area contributed by atoms with E-state index in [0.717, 1.165) is 58.3 Å². The van der Waals surface area contributed by atoms with Gasteiger partial charge in [0.05, 0.1) is 0 Å². The Hall–Kier alpha value is -2.71. The zero-order valence-corrected chi connectivity index (χ0v) is 22.2. The van der Waals surface area contributed by atoms with Crippen molar-refractivity contribution in [3.63, 3.8) is 0 Å². The first-order chi connectivity index (χ1) is 17.8. The number of unbranched alkanes of at least 4 members (excludes halogenated alkanes) is 11. The number of aromatic nitrogens is 2. The highest BCUT2D eigenvalue weighted by Crippen LogP contribution is 2.12. The van der Waals surface area contributed by atoms with Crippen LogP contribution >= 0.6 is 0 Å². The molecule has 5 nitrogen and oxygen atoms in total. The minimum absolute atomic E-state index is 0.214. The summed E-state index contributed by atoms with van der Waals surface area (Å²) in [6, 6.07) is 8.40. The number of rotatable bonds is 21. The molecule has 1 N–H and O–H groups in total. The van der Waals surface area contributed by atoms with Crippen LogP contribution in [0.15, 0.2) is 49.1 Å². The molecular formula is C31H46N4O. The van der Waals surface area contributed by atoms with Crippen molar-refractivity contribution in [1.29, 1.82) is 0 Å². The summed E-state index contributed by atoms with van der Waals surface area (Å²) in [5, 5.41) is 3.09. The maximum absolute atomic E-state index is 12.0. The van der Waals surface area contributed by atoms with Crippen LogP contribution < -0.4 is 5.32 Å². The predicted molar refractivity (Wildman–Crippen MR) is 149 cm³/mol. The topological polar surface area (TPSA) is 58.1 Å². The molecule has 0 bridgehead atoms. The van der Waals surface area contributed by atoms with Crippen LogP contribution in [0.25, 0.3) is 0 Å². The van der Waals surface area contributed by atoms with Gasteiger partial charge < -0.3 is 5.32 Å². The smallest absolute Gasteiger partial charge is 0.219 e. The first-order valence-corrected chi connectivity index (χ1v) is 14.0. The monoisotopic (exact) mass is 490 g/mol. The van der Waals surface area contributed by atoms with E-state index >= 15 is 0 Å². The molecule has 0 radical (unpaired) electrons. The number of nitrogens with one attached hydrogen (secondary N) is 1. The number of nitrogens with zero attached hydrogens (tertiary/aromatic N) is 3. The highest BCUT2D eigenvalue weighted by Gasteiger charge is 2.07. The van der Waals surface area contributed by atoms with Crippen LogP contribution in [0.1, 0.15) is 101 Å². The number of carbonyl (C=O) groups excluding carboxylic acids is 1. The van der Waals surface area contributed by atoms with Crippen LogP contribution in [-0.2, 0) is 17.9 Å². The van der Waals surface area contributed by atoms with Gasteiger partial charge in [-0.1, -0.05) is 51.4 Å². The summed E-state index contributed by atoms with van der Waals surface area (Å²) in [4.78, 5) is 22.8. The third kappa shape index (κ3) is 15.3. The van der Waals surface area contributed by atoms with E-state index in [1.807, 2.05) is 24.8 Å². The highest BCUT2D eigenvalue weighted by molar-refractivity contribution is 5.75. The van der Waals surface area contributed by atoms with Gasteiger partial charge in [-0.3, -0.25) is 19.7 Å². The summed E-state index contributed by atoms with van der Waals surface area (Å²) in [6.45, 7) is 3.79. The molecule has 0 aromatic carbocycles. The van der Waals surface area contributed by atoms with Crippen molar-refractivity contribution in [1.82, 2.24) is 20.2 Å². The van der Waals surface area contributed by atoms with Gasteiger partial charge in [-0.25, -0.2) is 0 Å². The molecule has 0 fully saturated rings. The number of amides is 1. The summed E-state index contributed by atoms with van der Waals surface area (Å²) >= 11 is 0. The molecule has 2 heterocycles. The van der Waals surface area contributed by atoms with E-state index < -0.39 is 0 Å². The number of hydrogen-bond acceptors (Lipinski definition) is 4. The van der Waals surface area contributed by atoms with Gasteiger partial charge in [0.25, 0.3) is 0 Å². The van der Waals surface area contributed by atoms with Crippen LogP contribution in [0.2, 0.25) is 0 Å². The average Bonchev–Trinajstić information content (AvgIpc) is 2.90. The molecule has 36 heavy (non-hydrogen) atoms. The maximum atomic E-state index is 12.0. The minimum Gasteiger partial charge on any atom is -0.356 e. The highest BCUT2D eigenvalue weighted by atomic mass is 16.1. The Labute approximate surface area is 219 Å². The van der Waals surface area contributed by atoms with Crippen LogP contribution in [0.5, 0.6) is 0 Å². The van der Waals surface area contributed by atoms with E-state index in [4.69, 9.17) is 6.42 Å². The Morgan fingerprint density at radius 2 is 1.22 bits per heavy atom. The zero-order valence-electron chi connectivity index (χ0n) is 22.2. The first kappa shape index (κ1) is 29.5. The van der Waals surface area contributed by atoms with Gasteiger partial charge in [-0.15, -0.1) is 12.3 Å². The first-order valence-electron chi connectivity index (χ1n) is 14.0. The van der Waals surface area contributed by atoms with E-state index in [1.54, 1.807) is 0 Å². The van der Waals surface area contributed by atoms with Gasteiger partial charge >= 0.3 is 0 Å². The molecule has 0 saturated carbocycles. The molecule has 2 aromatic heterocycles. The van der Waals surface area contributed by atoms with Crippen LogP contribution in [0.4, 0.5) is 0 Å². The second kappa shape index (κ2) is 20.5. The van der Waals surface area contributed by atoms with Crippen molar-refractivity contribution in [3.05, 3.63) is 60.2 Å². The normalized spacial score (nSPS) is 10.9. The Morgan fingerprint density at radius 3 is 1.81 bits per heavy atom. The molecule has 2 rings (SSSR count). The molecule has 5 heteroatoms. The number of pyridine rings is 2. The number of terminal acetylenes is 1. The second-order valence-corrected chi connectivity index (χ2v) is 9.72. The van der Waals surface area contributed by atoms with Crippen LogP contribution in [0.3, 0.4) is 0 Å². The van der Waals surface area contributed by atoms with Crippen molar-refractivity contribution < 1.29 is 4.79 Å². The molecule has 0 atom stereocenters. The van der Waals surface area contributed by atoms with Gasteiger partial charge in [0.1, 0.15) is 0 Å². The third-order valence-electron chi connectivity index (χ3n) is 6.51. The SMILES string of the molecule is C#CCCCCCCCCC(=O)NCCCCCCCCN(Cc1ccncc1)Cc1ccncc1. The maximum Gasteiger partial charge on any atom is 0.219 e. The summed E-state index contributed by atoms with van der Waals surface area (Å²) in [6.07, 6.45) is 28.5. The fraction of sp³-hybridized carbons (Fsp3) is 0.581. The lowest BCUT2D eigenvalue weighted by molar-refractivity contribution is -0.121. The molecular weight excluding hydrogens is 444 g/mol.